The average molecular weight is 228 g/mol. The molecule has 0 aliphatic rings. The molecule has 0 radical (unpaired) electrons. The van der Waals surface area contributed by atoms with Crippen LogP contribution in [0.2, 0.25) is 0 Å². The molecule has 0 aromatic heterocycles. The molecule has 0 unspecified atom stereocenters. The normalized spacial score (nSPS) is 11.6. The van der Waals surface area contributed by atoms with E-state index in [0.29, 0.717) is 13.1 Å². The van der Waals surface area contributed by atoms with Crippen LogP contribution in [0.15, 0.2) is 24.3 Å². The van der Waals surface area contributed by atoms with Crippen molar-refractivity contribution in [3.63, 3.8) is 0 Å². The summed E-state index contributed by atoms with van der Waals surface area (Å²) in [5.41, 5.74) is 7.43. The largest absolute Gasteiger partial charge is 0.326 e. The van der Waals surface area contributed by atoms with E-state index in [1.807, 2.05) is 24.3 Å². The van der Waals surface area contributed by atoms with E-state index in [4.69, 9.17) is 5.73 Å². The van der Waals surface area contributed by atoms with Gasteiger partial charge in [0.15, 0.2) is 0 Å². The molecular weight excluding hydrogens is 212 g/mol. The highest BCUT2D eigenvalue weighted by Gasteiger charge is 2.05. The number of hydrogen-bond acceptors (Lipinski definition) is 3. The molecule has 0 bridgehead atoms. The van der Waals surface area contributed by atoms with Crippen LogP contribution in [0.4, 0.5) is 0 Å². The van der Waals surface area contributed by atoms with E-state index in [1.54, 1.807) is 6.92 Å². The third-order valence-corrected chi connectivity index (χ3v) is 3.48. The van der Waals surface area contributed by atoms with Gasteiger partial charge in [-0.05, 0) is 18.1 Å². The number of nitrogens with one attached hydrogen (secondary N) is 1. The Morgan fingerprint density at radius 3 is 2.20 bits per heavy atom. The minimum atomic E-state index is -3.11. The van der Waals surface area contributed by atoms with E-state index in [9.17, 15) is 8.42 Å². The zero-order valence-electron chi connectivity index (χ0n) is 8.73. The van der Waals surface area contributed by atoms with E-state index in [-0.39, 0.29) is 5.75 Å². The van der Waals surface area contributed by atoms with Gasteiger partial charge in [-0.2, -0.15) is 0 Å². The summed E-state index contributed by atoms with van der Waals surface area (Å²) in [5.74, 6) is 0.105. The molecule has 0 fully saturated rings. The second-order valence-corrected chi connectivity index (χ2v) is 5.34. The highest BCUT2D eigenvalue weighted by Crippen LogP contribution is 2.03. The SMILES string of the molecule is CCS(=O)(=O)NCc1ccc(CN)cc1. The molecule has 5 heteroatoms. The zero-order chi connectivity index (χ0) is 11.3. The zero-order valence-corrected chi connectivity index (χ0v) is 9.55. The summed E-state index contributed by atoms with van der Waals surface area (Å²) >= 11 is 0. The van der Waals surface area contributed by atoms with Crippen molar-refractivity contribution < 1.29 is 8.42 Å². The molecule has 1 aromatic carbocycles. The molecule has 0 aliphatic heterocycles. The second-order valence-electron chi connectivity index (χ2n) is 3.25. The predicted molar refractivity (Wildman–Crippen MR) is 60.6 cm³/mol. The molecular formula is C10H16N2O2S. The molecule has 4 nitrogen and oxygen atoms in total. The molecule has 0 amide bonds. The maximum atomic E-state index is 11.2. The van der Waals surface area contributed by atoms with Crippen LogP contribution in [-0.4, -0.2) is 14.2 Å². The molecule has 0 saturated carbocycles. The molecule has 15 heavy (non-hydrogen) atoms. The summed E-state index contributed by atoms with van der Waals surface area (Å²) in [6, 6.07) is 7.55. The fourth-order valence-corrected chi connectivity index (χ4v) is 1.68. The lowest BCUT2D eigenvalue weighted by molar-refractivity contribution is 0.582. The lowest BCUT2D eigenvalue weighted by Crippen LogP contribution is -2.24. The van der Waals surface area contributed by atoms with Crippen molar-refractivity contribution in [2.45, 2.75) is 20.0 Å². The number of hydrogen-bond donors (Lipinski definition) is 2. The Hall–Kier alpha value is -0.910. The minimum Gasteiger partial charge on any atom is -0.326 e. The van der Waals surface area contributed by atoms with Crippen molar-refractivity contribution in [1.82, 2.24) is 4.72 Å². The standard InChI is InChI=1S/C10H16N2O2S/c1-2-15(13,14)12-8-10-5-3-9(7-11)4-6-10/h3-6,12H,2,7-8,11H2,1H3. The van der Waals surface area contributed by atoms with Gasteiger partial charge in [0.25, 0.3) is 0 Å². The van der Waals surface area contributed by atoms with Crippen LogP contribution in [0.25, 0.3) is 0 Å². The van der Waals surface area contributed by atoms with Crippen LogP contribution < -0.4 is 10.5 Å². The average Bonchev–Trinajstić information content (AvgIpc) is 2.27. The second kappa shape index (κ2) is 5.25. The van der Waals surface area contributed by atoms with Crippen LogP contribution in [0.3, 0.4) is 0 Å². The molecule has 0 atom stereocenters. The Kier molecular flexibility index (Phi) is 4.26. The van der Waals surface area contributed by atoms with Crippen molar-refractivity contribution >= 4 is 10.0 Å². The van der Waals surface area contributed by atoms with Gasteiger partial charge < -0.3 is 5.73 Å². The van der Waals surface area contributed by atoms with Gasteiger partial charge in [0.2, 0.25) is 10.0 Å². The van der Waals surface area contributed by atoms with Crippen LogP contribution >= 0.6 is 0 Å². The summed E-state index contributed by atoms with van der Waals surface area (Å²) < 4.78 is 24.8. The maximum absolute atomic E-state index is 11.2. The van der Waals surface area contributed by atoms with Gasteiger partial charge in [-0.15, -0.1) is 0 Å². The quantitative estimate of drug-likeness (QED) is 0.774. The molecule has 0 spiro atoms. The smallest absolute Gasteiger partial charge is 0.211 e. The van der Waals surface area contributed by atoms with Crippen molar-refractivity contribution in [2.75, 3.05) is 5.75 Å². The first-order valence-corrected chi connectivity index (χ1v) is 6.48. The van der Waals surface area contributed by atoms with E-state index in [2.05, 4.69) is 4.72 Å². The Morgan fingerprint density at radius 1 is 1.20 bits per heavy atom. The fraction of sp³-hybridized carbons (Fsp3) is 0.400. The Morgan fingerprint density at radius 2 is 1.73 bits per heavy atom. The first-order valence-electron chi connectivity index (χ1n) is 4.82. The van der Waals surface area contributed by atoms with Crippen LogP contribution in [0.1, 0.15) is 18.1 Å². The lowest BCUT2D eigenvalue weighted by atomic mass is 10.1. The van der Waals surface area contributed by atoms with Gasteiger partial charge in [0.05, 0.1) is 5.75 Å². The topological polar surface area (TPSA) is 72.2 Å². The van der Waals surface area contributed by atoms with Crippen molar-refractivity contribution in [2.24, 2.45) is 5.73 Å². The molecule has 1 aromatic rings. The molecule has 0 aliphatic carbocycles. The lowest BCUT2D eigenvalue weighted by Gasteiger charge is -2.05. The van der Waals surface area contributed by atoms with E-state index in [0.717, 1.165) is 11.1 Å². The van der Waals surface area contributed by atoms with Crippen molar-refractivity contribution in [3.8, 4) is 0 Å². The summed E-state index contributed by atoms with van der Waals surface area (Å²) in [4.78, 5) is 0. The molecule has 3 N–H and O–H groups in total. The monoisotopic (exact) mass is 228 g/mol. The van der Waals surface area contributed by atoms with Gasteiger partial charge in [-0.1, -0.05) is 24.3 Å². The highest BCUT2D eigenvalue weighted by molar-refractivity contribution is 7.89. The molecule has 1 rings (SSSR count). The van der Waals surface area contributed by atoms with Gasteiger partial charge >= 0.3 is 0 Å². The molecule has 84 valence electrons. The molecule has 0 saturated heterocycles. The van der Waals surface area contributed by atoms with Crippen molar-refractivity contribution in [1.29, 1.82) is 0 Å². The minimum absolute atomic E-state index is 0.105. The number of sulfonamides is 1. The van der Waals surface area contributed by atoms with Gasteiger partial charge in [-0.3, -0.25) is 0 Å². The van der Waals surface area contributed by atoms with Crippen LogP contribution in [0, 0.1) is 0 Å². The van der Waals surface area contributed by atoms with Crippen LogP contribution in [0.5, 0.6) is 0 Å². The predicted octanol–water partition coefficient (Wildman–Crippen LogP) is 0.585. The number of benzene rings is 1. The van der Waals surface area contributed by atoms with Crippen molar-refractivity contribution in [3.05, 3.63) is 35.4 Å². The summed E-state index contributed by atoms with van der Waals surface area (Å²) in [7, 11) is -3.11. The molecule has 0 heterocycles. The summed E-state index contributed by atoms with van der Waals surface area (Å²) in [6.45, 7) is 2.45. The maximum Gasteiger partial charge on any atom is 0.211 e. The first kappa shape index (κ1) is 12.2. The Labute approximate surface area is 90.5 Å². The summed E-state index contributed by atoms with van der Waals surface area (Å²) in [6.07, 6.45) is 0. The van der Waals surface area contributed by atoms with Crippen LogP contribution in [-0.2, 0) is 23.1 Å². The summed E-state index contributed by atoms with van der Waals surface area (Å²) in [5, 5.41) is 0. The van der Waals surface area contributed by atoms with E-state index in [1.165, 1.54) is 0 Å². The highest BCUT2D eigenvalue weighted by atomic mass is 32.2. The van der Waals surface area contributed by atoms with Gasteiger partial charge in [0, 0.05) is 13.1 Å². The van der Waals surface area contributed by atoms with E-state index < -0.39 is 10.0 Å². The Bertz CT molecular complexity index is 398. The third kappa shape index (κ3) is 3.99. The fourth-order valence-electron chi connectivity index (χ4n) is 1.09. The van der Waals surface area contributed by atoms with E-state index >= 15 is 0 Å². The first-order chi connectivity index (χ1) is 7.07. The number of nitrogens with two attached hydrogens (primary N) is 1. The third-order valence-electron chi connectivity index (χ3n) is 2.13. The Balaban J connectivity index is 2.59. The number of rotatable bonds is 5. The van der Waals surface area contributed by atoms with Gasteiger partial charge in [-0.25, -0.2) is 13.1 Å². The van der Waals surface area contributed by atoms with Gasteiger partial charge in [0.1, 0.15) is 0 Å².